The molecule has 0 spiro atoms. The lowest BCUT2D eigenvalue weighted by molar-refractivity contribution is 0.217. The molecule has 2 heterocycles. The largest absolute Gasteiger partial charge is 0.381 e. The summed E-state index contributed by atoms with van der Waals surface area (Å²) in [4.78, 5) is 4.27. The zero-order chi connectivity index (χ0) is 14.7. The highest BCUT2D eigenvalue weighted by Gasteiger charge is 2.32. The quantitative estimate of drug-likeness (QED) is 0.823. The molecule has 1 saturated heterocycles. The Labute approximate surface area is 132 Å². The van der Waals surface area contributed by atoms with E-state index in [0.717, 1.165) is 17.2 Å². The van der Waals surface area contributed by atoms with Crippen molar-refractivity contribution in [2.45, 2.75) is 64.0 Å². The highest BCUT2D eigenvalue weighted by atomic mass is 35.5. The molecule has 2 fully saturated rings. The van der Waals surface area contributed by atoms with Crippen molar-refractivity contribution in [1.29, 1.82) is 0 Å². The third-order valence-corrected chi connectivity index (χ3v) is 5.45. The van der Waals surface area contributed by atoms with Gasteiger partial charge in [0, 0.05) is 12.1 Å². The zero-order valence-electron chi connectivity index (χ0n) is 12.9. The maximum atomic E-state index is 6.02. The molecule has 21 heavy (non-hydrogen) atoms. The lowest BCUT2D eigenvalue weighted by Crippen LogP contribution is -2.48. The topological polar surface area (TPSA) is 37.0 Å². The third-order valence-electron chi connectivity index (χ3n) is 5.05. The van der Waals surface area contributed by atoms with Crippen LogP contribution in [0.15, 0.2) is 12.3 Å². The van der Waals surface area contributed by atoms with Crippen molar-refractivity contribution in [3.8, 4) is 0 Å². The van der Waals surface area contributed by atoms with Crippen molar-refractivity contribution >= 4 is 17.3 Å². The van der Waals surface area contributed by atoms with Gasteiger partial charge in [-0.25, -0.2) is 4.98 Å². The van der Waals surface area contributed by atoms with Gasteiger partial charge in [-0.3, -0.25) is 0 Å². The number of nitrogens with zero attached hydrogens (tertiary/aromatic N) is 1. The molecular weight excluding hydrogens is 282 g/mol. The molecule has 0 aromatic carbocycles. The fourth-order valence-corrected chi connectivity index (χ4v) is 4.02. The minimum Gasteiger partial charge on any atom is -0.381 e. The summed E-state index contributed by atoms with van der Waals surface area (Å²) in [6.45, 7) is 3.21. The van der Waals surface area contributed by atoms with E-state index in [-0.39, 0.29) is 0 Å². The van der Waals surface area contributed by atoms with Gasteiger partial charge in [0.15, 0.2) is 0 Å². The molecule has 2 N–H and O–H groups in total. The summed E-state index contributed by atoms with van der Waals surface area (Å²) >= 11 is 6.02. The van der Waals surface area contributed by atoms with Crippen LogP contribution in [0.5, 0.6) is 0 Å². The first kappa shape index (κ1) is 15.1. The molecule has 1 aromatic rings. The molecule has 4 heteroatoms. The van der Waals surface area contributed by atoms with Crippen LogP contribution in [0, 0.1) is 12.8 Å². The summed E-state index contributed by atoms with van der Waals surface area (Å²) in [6, 6.07) is 3.38. The van der Waals surface area contributed by atoms with Gasteiger partial charge < -0.3 is 10.6 Å². The summed E-state index contributed by atoms with van der Waals surface area (Å²) in [5.41, 5.74) is 2.16. The van der Waals surface area contributed by atoms with Crippen molar-refractivity contribution < 1.29 is 0 Å². The second-order valence-electron chi connectivity index (χ2n) is 6.59. The van der Waals surface area contributed by atoms with Gasteiger partial charge in [0.1, 0.15) is 5.15 Å². The predicted octanol–water partition coefficient (Wildman–Crippen LogP) is 4.16. The van der Waals surface area contributed by atoms with Gasteiger partial charge in [0.25, 0.3) is 0 Å². The molecule has 1 aliphatic heterocycles. The van der Waals surface area contributed by atoms with Crippen molar-refractivity contribution in [1.82, 2.24) is 10.3 Å². The Bertz CT molecular complexity index is 471. The Hall–Kier alpha value is -0.800. The molecule has 1 aromatic heterocycles. The Kier molecular flexibility index (Phi) is 5.02. The van der Waals surface area contributed by atoms with E-state index in [1.54, 1.807) is 0 Å². The molecule has 3 atom stereocenters. The van der Waals surface area contributed by atoms with E-state index in [4.69, 9.17) is 11.6 Å². The van der Waals surface area contributed by atoms with E-state index >= 15 is 0 Å². The van der Waals surface area contributed by atoms with Crippen molar-refractivity contribution in [2.75, 3.05) is 11.9 Å². The van der Waals surface area contributed by atoms with Gasteiger partial charge in [-0.05, 0) is 56.7 Å². The monoisotopic (exact) mass is 307 g/mol. The maximum Gasteiger partial charge on any atom is 0.132 e. The van der Waals surface area contributed by atoms with E-state index < -0.39 is 0 Å². The highest BCUT2D eigenvalue weighted by molar-refractivity contribution is 6.30. The van der Waals surface area contributed by atoms with Gasteiger partial charge in [-0.2, -0.15) is 0 Å². The minimum atomic E-state index is 0.566. The van der Waals surface area contributed by atoms with Crippen molar-refractivity contribution in [3.05, 3.63) is 23.0 Å². The van der Waals surface area contributed by atoms with Crippen LogP contribution in [0.1, 0.15) is 50.5 Å². The summed E-state index contributed by atoms with van der Waals surface area (Å²) in [7, 11) is 0. The zero-order valence-corrected chi connectivity index (χ0v) is 13.6. The van der Waals surface area contributed by atoms with Crippen LogP contribution in [0.25, 0.3) is 0 Å². The van der Waals surface area contributed by atoms with Gasteiger partial charge in [0.05, 0.1) is 11.9 Å². The van der Waals surface area contributed by atoms with Gasteiger partial charge in [-0.15, -0.1) is 0 Å². The summed E-state index contributed by atoms with van der Waals surface area (Å²) < 4.78 is 0. The first-order chi connectivity index (χ1) is 10.2. The average molecular weight is 308 g/mol. The molecule has 0 radical (unpaired) electrons. The number of hydrogen-bond acceptors (Lipinski definition) is 3. The van der Waals surface area contributed by atoms with Crippen LogP contribution in [0.3, 0.4) is 0 Å². The lowest BCUT2D eigenvalue weighted by atomic mass is 9.77. The Morgan fingerprint density at radius 3 is 2.76 bits per heavy atom. The minimum absolute atomic E-state index is 0.566. The number of nitrogens with one attached hydrogen (secondary N) is 2. The smallest absolute Gasteiger partial charge is 0.132 e. The average Bonchev–Trinajstić information content (AvgIpc) is 2.52. The molecule has 0 bridgehead atoms. The Morgan fingerprint density at radius 2 is 2.00 bits per heavy atom. The number of piperidine rings is 1. The fraction of sp³-hybridized carbons (Fsp3) is 0.706. The standard InChI is InChI=1S/C17H26ClN3/c1-12-10-13(11-20-17(12)18)21-16-8-3-2-6-14(16)15-7-4-5-9-19-15/h10-11,14-16,19,21H,2-9H2,1H3. The Morgan fingerprint density at radius 1 is 1.19 bits per heavy atom. The number of anilines is 1. The maximum absolute atomic E-state index is 6.02. The number of hydrogen-bond donors (Lipinski definition) is 2. The Balaban J connectivity index is 1.69. The SMILES string of the molecule is Cc1cc(NC2CCCCC2C2CCCCN2)cnc1Cl. The van der Waals surface area contributed by atoms with Crippen LogP contribution >= 0.6 is 11.6 Å². The summed E-state index contributed by atoms with van der Waals surface area (Å²) in [5.74, 6) is 0.745. The van der Waals surface area contributed by atoms with E-state index in [1.165, 1.54) is 51.5 Å². The third kappa shape index (κ3) is 3.70. The number of pyridine rings is 1. The van der Waals surface area contributed by atoms with Crippen LogP contribution in [0.4, 0.5) is 5.69 Å². The first-order valence-electron chi connectivity index (χ1n) is 8.36. The van der Waals surface area contributed by atoms with Gasteiger partial charge in [-0.1, -0.05) is 30.9 Å². The second kappa shape index (κ2) is 6.97. The molecule has 2 aliphatic rings. The van der Waals surface area contributed by atoms with Crippen LogP contribution < -0.4 is 10.6 Å². The van der Waals surface area contributed by atoms with E-state index in [1.807, 2.05) is 13.1 Å². The molecule has 116 valence electrons. The molecule has 1 saturated carbocycles. The fourth-order valence-electron chi connectivity index (χ4n) is 3.92. The van der Waals surface area contributed by atoms with Crippen molar-refractivity contribution in [2.24, 2.45) is 5.92 Å². The number of aromatic nitrogens is 1. The lowest BCUT2D eigenvalue weighted by Gasteiger charge is -2.40. The van der Waals surface area contributed by atoms with Crippen LogP contribution in [-0.2, 0) is 0 Å². The molecule has 3 nitrogen and oxygen atoms in total. The summed E-state index contributed by atoms with van der Waals surface area (Å²) in [5, 5.41) is 8.09. The van der Waals surface area contributed by atoms with Gasteiger partial charge >= 0.3 is 0 Å². The molecular formula is C17H26ClN3. The van der Waals surface area contributed by atoms with E-state index in [2.05, 4.69) is 21.7 Å². The normalized spacial score (nSPS) is 30.1. The van der Waals surface area contributed by atoms with Crippen LogP contribution in [-0.4, -0.2) is 23.6 Å². The van der Waals surface area contributed by atoms with Crippen LogP contribution in [0.2, 0.25) is 5.15 Å². The van der Waals surface area contributed by atoms with Gasteiger partial charge in [0.2, 0.25) is 0 Å². The molecule has 0 amide bonds. The van der Waals surface area contributed by atoms with E-state index in [0.29, 0.717) is 17.2 Å². The van der Waals surface area contributed by atoms with Crippen molar-refractivity contribution in [3.63, 3.8) is 0 Å². The summed E-state index contributed by atoms with van der Waals surface area (Å²) in [6.07, 6.45) is 11.2. The molecule has 1 aliphatic carbocycles. The number of aryl methyl sites for hydroxylation is 1. The second-order valence-corrected chi connectivity index (χ2v) is 6.95. The highest BCUT2D eigenvalue weighted by Crippen LogP contribution is 2.32. The number of rotatable bonds is 3. The first-order valence-corrected chi connectivity index (χ1v) is 8.74. The molecule has 3 unspecified atom stereocenters. The molecule has 3 rings (SSSR count). The number of halogens is 1. The predicted molar refractivity (Wildman–Crippen MR) is 89.0 cm³/mol. The van der Waals surface area contributed by atoms with E-state index in [9.17, 15) is 0 Å².